The minimum absolute atomic E-state index is 0.0391. The van der Waals surface area contributed by atoms with E-state index in [2.05, 4.69) is 10.5 Å². The van der Waals surface area contributed by atoms with Crippen molar-refractivity contribution in [1.82, 2.24) is 5.32 Å². The van der Waals surface area contributed by atoms with Gasteiger partial charge in [0, 0.05) is 0 Å². The average Bonchev–Trinajstić information content (AvgIpc) is 3.26. The summed E-state index contributed by atoms with van der Waals surface area (Å²) in [6, 6.07) is 9.30. The van der Waals surface area contributed by atoms with Gasteiger partial charge in [-0.15, -0.1) is 0 Å². The minimum Gasteiger partial charge on any atom is -0.409 e. The van der Waals surface area contributed by atoms with Gasteiger partial charge in [-0.2, -0.15) is 0 Å². The van der Waals surface area contributed by atoms with Crippen molar-refractivity contribution in [2.24, 2.45) is 16.8 Å². The van der Waals surface area contributed by atoms with Crippen LogP contribution in [0.2, 0.25) is 0 Å². The highest BCUT2D eigenvalue weighted by atomic mass is 16.4. The largest absolute Gasteiger partial charge is 0.409 e. The monoisotopic (exact) mass is 275 g/mol. The lowest BCUT2D eigenvalue weighted by molar-refractivity contribution is -0.124. The van der Waals surface area contributed by atoms with E-state index in [1.54, 1.807) is 0 Å². The molecule has 1 saturated carbocycles. The summed E-state index contributed by atoms with van der Waals surface area (Å²) in [4.78, 5) is 12.6. The quantitative estimate of drug-likeness (QED) is 0.330. The number of nitrogens with one attached hydrogen (secondary N) is 1. The number of amidine groups is 1. The Morgan fingerprint density at radius 3 is 2.40 bits per heavy atom. The van der Waals surface area contributed by atoms with Crippen LogP contribution in [0.25, 0.3) is 0 Å². The van der Waals surface area contributed by atoms with E-state index >= 15 is 0 Å². The predicted molar refractivity (Wildman–Crippen MR) is 77.5 cm³/mol. The summed E-state index contributed by atoms with van der Waals surface area (Å²) in [5.74, 6) is 0.0487. The smallest absolute Gasteiger partial charge is 0.231 e. The number of amides is 1. The first kappa shape index (κ1) is 14.4. The molecule has 0 saturated heterocycles. The maximum Gasteiger partial charge on any atom is 0.231 e. The number of hydrogen-bond acceptors (Lipinski definition) is 3. The first-order chi connectivity index (χ1) is 9.51. The van der Waals surface area contributed by atoms with E-state index < -0.39 is 11.5 Å². The second-order valence-electron chi connectivity index (χ2n) is 5.67. The van der Waals surface area contributed by atoms with E-state index in [1.807, 2.05) is 44.2 Å². The first-order valence-electron chi connectivity index (χ1n) is 6.85. The zero-order chi connectivity index (χ0) is 14.8. The van der Waals surface area contributed by atoms with Crippen molar-refractivity contribution in [1.29, 1.82) is 0 Å². The molecule has 1 aliphatic carbocycles. The third-order valence-corrected chi connectivity index (χ3v) is 3.90. The Bertz CT molecular complexity index is 507. The van der Waals surface area contributed by atoms with E-state index in [4.69, 9.17) is 10.9 Å². The Balaban J connectivity index is 2.16. The predicted octanol–water partition coefficient (Wildman–Crippen LogP) is 1.61. The number of rotatable bonds is 5. The molecular formula is C15H21N3O2. The number of hydrogen-bond donors (Lipinski definition) is 3. The molecule has 0 aromatic heterocycles. The molecular weight excluding hydrogens is 254 g/mol. The van der Waals surface area contributed by atoms with Crippen LogP contribution in [0.1, 0.15) is 32.3 Å². The Morgan fingerprint density at radius 2 is 1.95 bits per heavy atom. The number of carbonyl (C=O) groups is 1. The molecule has 5 nitrogen and oxygen atoms in total. The van der Waals surface area contributed by atoms with Gasteiger partial charge >= 0.3 is 0 Å². The van der Waals surface area contributed by atoms with E-state index in [-0.39, 0.29) is 17.7 Å². The summed E-state index contributed by atoms with van der Waals surface area (Å²) in [5.41, 5.74) is 6.24. The van der Waals surface area contributed by atoms with Crippen molar-refractivity contribution in [2.45, 2.75) is 38.1 Å². The van der Waals surface area contributed by atoms with Gasteiger partial charge in [-0.25, -0.2) is 0 Å². The summed E-state index contributed by atoms with van der Waals surface area (Å²) < 4.78 is 0. The van der Waals surface area contributed by atoms with E-state index in [0.29, 0.717) is 0 Å². The van der Waals surface area contributed by atoms with Gasteiger partial charge in [0.15, 0.2) is 5.84 Å². The van der Waals surface area contributed by atoms with Crippen molar-refractivity contribution >= 4 is 11.7 Å². The number of benzene rings is 1. The molecule has 0 spiro atoms. The van der Waals surface area contributed by atoms with Crippen LogP contribution >= 0.6 is 0 Å². The van der Waals surface area contributed by atoms with Crippen molar-refractivity contribution in [3.8, 4) is 0 Å². The van der Waals surface area contributed by atoms with Gasteiger partial charge in [0.1, 0.15) is 0 Å². The maximum atomic E-state index is 12.6. The Kier molecular flexibility index (Phi) is 3.97. The lowest BCUT2D eigenvalue weighted by atomic mass is 9.93. The molecule has 20 heavy (non-hydrogen) atoms. The molecule has 4 N–H and O–H groups in total. The fourth-order valence-corrected chi connectivity index (χ4v) is 2.45. The van der Waals surface area contributed by atoms with Crippen LogP contribution in [0.3, 0.4) is 0 Å². The average molecular weight is 275 g/mol. The van der Waals surface area contributed by atoms with Gasteiger partial charge in [-0.1, -0.05) is 49.3 Å². The minimum atomic E-state index is -0.450. The van der Waals surface area contributed by atoms with Gasteiger partial charge in [0.25, 0.3) is 0 Å². The summed E-state index contributed by atoms with van der Waals surface area (Å²) in [6.45, 7) is 3.84. The molecule has 1 aromatic carbocycles. The normalized spacial score (nSPS) is 18.6. The molecule has 1 amide bonds. The van der Waals surface area contributed by atoms with Gasteiger partial charge < -0.3 is 16.3 Å². The molecule has 1 aromatic rings. The number of nitrogens with two attached hydrogens (primary N) is 1. The Hall–Kier alpha value is -2.04. The van der Waals surface area contributed by atoms with Crippen LogP contribution in [-0.2, 0) is 10.2 Å². The third-order valence-electron chi connectivity index (χ3n) is 3.90. The van der Waals surface area contributed by atoms with Gasteiger partial charge in [0.05, 0.1) is 11.5 Å². The standard InChI is InChI=1S/C15H21N3O2/c1-10(2)12(13(16)18-20)17-14(19)15(8-9-15)11-6-4-3-5-7-11/h3-7,10,12,20H,8-9H2,1-2H3,(H2,16,18)(H,17,19). The fraction of sp³-hybridized carbons (Fsp3) is 0.467. The molecule has 108 valence electrons. The Labute approximate surface area is 118 Å². The zero-order valence-electron chi connectivity index (χ0n) is 11.8. The lowest BCUT2D eigenvalue weighted by Gasteiger charge is -2.24. The lowest BCUT2D eigenvalue weighted by Crippen LogP contribution is -2.50. The highest BCUT2D eigenvalue weighted by Crippen LogP contribution is 2.48. The Morgan fingerprint density at radius 1 is 1.35 bits per heavy atom. The fourth-order valence-electron chi connectivity index (χ4n) is 2.45. The summed E-state index contributed by atoms with van der Waals surface area (Å²) in [5, 5.41) is 14.7. The van der Waals surface area contributed by atoms with Crippen LogP contribution in [0.15, 0.2) is 35.5 Å². The molecule has 1 atom stereocenters. The maximum absolute atomic E-state index is 12.6. The van der Waals surface area contributed by atoms with Crippen LogP contribution in [0, 0.1) is 5.92 Å². The number of oxime groups is 1. The number of nitrogens with zero attached hydrogens (tertiary/aromatic N) is 1. The highest BCUT2D eigenvalue weighted by molar-refractivity contribution is 5.96. The van der Waals surface area contributed by atoms with Crippen molar-refractivity contribution < 1.29 is 10.0 Å². The molecule has 2 rings (SSSR count). The summed E-state index contributed by atoms with van der Waals surface area (Å²) >= 11 is 0. The molecule has 0 heterocycles. The highest BCUT2D eigenvalue weighted by Gasteiger charge is 2.51. The van der Waals surface area contributed by atoms with Gasteiger partial charge in [-0.3, -0.25) is 4.79 Å². The molecule has 5 heteroatoms. The van der Waals surface area contributed by atoms with Crippen molar-refractivity contribution in [2.75, 3.05) is 0 Å². The molecule has 0 radical (unpaired) electrons. The van der Waals surface area contributed by atoms with Crippen LogP contribution in [-0.4, -0.2) is 23.0 Å². The van der Waals surface area contributed by atoms with Gasteiger partial charge in [-0.05, 0) is 24.3 Å². The molecule has 1 unspecified atom stereocenters. The first-order valence-corrected chi connectivity index (χ1v) is 6.85. The summed E-state index contributed by atoms with van der Waals surface area (Å²) in [7, 11) is 0. The van der Waals surface area contributed by atoms with Crippen LogP contribution < -0.4 is 11.1 Å². The van der Waals surface area contributed by atoms with Gasteiger partial charge in [0.2, 0.25) is 5.91 Å². The summed E-state index contributed by atoms with van der Waals surface area (Å²) in [6.07, 6.45) is 1.67. The molecule has 1 fully saturated rings. The molecule has 0 bridgehead atoms. The number of carbonyl (C=O) groups excluding carboxylic acids is 1. The molecule has 1 aliphatic rings. The van der Waals surface area contributed by atoms with Crippen LogP contribution in [0.4, 0.5) is 0 Å². The SMILES string of the molecule is CC(C)C(NC(=O)C1(c2ccccc2)CC1)C(N)=NO. The van der Waals surface area contributed by atoms with E-state index in [9.17, 15) is 4.79 Å². The zero-order valence-corrected chi connectivity index (χ0v) is 11.8. The van der Waals surface area contributed by atoms with E-state index in [0.717, 1.165) is 18.4 Å². The molecule has 0 aliphatic heterocycles. The van der Waals surface area contributed by atoms with E-state index in [1.165, 1.54) is 0 Å². The second kappa shape index (κ2) is 5.53. The van der Waals surface area contributed by atoms with Crippen LogP contribution in [0.5, 0.6) is 0 Å². The second-order valence-corrected chi connectivity index (χ2v) is 5.67. The van der Waals surface area contributed by atoms with Crippen molar-refractivity contribution in [3.63, 3.8) is 0 Å². The van der Waals surface area contributed by atoms with Crippen molar-refractivity contribution in [3.05, 3.63) is 35.9 Å². The third kappa shape index (κ3) is 2.61. The topological polar surface area (TPSA) is 87.7 Å².